The Morgan fingerprint density at radius 1 is 1.22 bits per heavy atom. The van der Waals surface area contributed by atoms with Gasteiger partial charge in [0, 0.05) is 34.7 Å². The van der Waals surface area contributed by atoms with Gasteiger partial charge in [-0.05, 0) is 57.7 Å². The molecule has 1 aliphatic carbocycles. The SMILES string of the molecule is Cc1cc(C(=O)CN2c3ccccc3CC2C)c(C)n1C1CC1. The summed E-state index contributed by atoms with van der Waals surface area (Å²) < 4.78 is 2.36. The molecule has 2 heterocycles. The van der Waals surface area contributed by atoms with Gasteiger partial charge in [0.15, 0.2) is 5.78 Å². The van der Waals surface area contributed by atoms with Gasteiger partial charge in [0.2, 0.25) is 0 Å². The maximum atomic E-state index is 12.9. The van der Waals surface area contributed by atoms with Crippen LogP contribution in [0.15, 0.2) is 30.3 Å². The summed E-state index contributed by atoms with van der Waals surface area (Å²) in [5, 5.41) is 0. The van der Waals surface area contributed by atoms with Crippen molar-refractivity contribution in [2.45, 2.75) is 52.1 Å². The third-order valence-electron chi connectivity index (χ3n) is 5.36. The highest BCUT2D eigenvalue weighted by Crippen LogP contribution is 2.38. The van der Waals surface area contributed by atoms with Crippen LogP contribution >= 0.6 is 0 Å². The van der Waals surface area contributed by atoms with Gasteiger partial charge in [-0.1, -0.05) is 18.2 Å². The Kier molecular flexibility index (Phi) is 3.33. The maximum Gasteiger partial charge on any atom is 0.183 e. The highest BCUT2D eigenvalue weighted by atomic mass is 16.1. The van der Waals surface area contributed by atoms with E-state index in [0.717, 1.165) is 17.7 Å². The van der Waals surface area contributed by atoms with E-state index < -0.39 is 0 Å². The zero-order valence-corrected chi connectivity index (χ0v) is 14.2. The highest BCUT2D eigenvalue weighted by molar-refractivity contribution is 6.01. The number of benzene rings is 1. The van der Waals surface area contributed by atoms with E-state index in [4.69, 9.17) is 0 Å². The summed E-state index contributed by atoms with van der Waals surface area (Å²) in [7, 11) is 0. The van der Waals surface area contributed by atoms with E-state index in [0.29, 0.717) is 18.6 Å². The van der Waals surface area contributed by atoms with Crippen LogP contribution in [-0.2, 0) is 6.42 Å². The fourth-order valence-corrected chi connectivity index (χ4v) is 4.06. The highest BCUT2D eigenvalue weighted by Gasteiger charge is 2.31. The molecule has 3 heteroatoms. The smallest absolute Gasteiger partial charge is 0.183 e. The molecular weight excluding hydrogens is 284 g/mol. The van der Waals surface area contributed by atoms with Crippen molar-refractivity contribution in [1.82, 2.24) is 4.57 Å². The van der Waals surface area contributed by atoms with Gasteiger partial charge in [-0.3, -0.25) is 4.79 Å². The van der Waals surface area contributed by atoms with Crippen LogP contribution in [0.1, 0.15) is 53.1 Å². The number of nitrogens with zero attached hydrogens (tertiary/aromatic N) is 2. The lowest BCUT2D eigenvalue weighted by molar-refractivity contribution is 0.0997. The number of hydrogen-bond donors (Lipinski definition) is 0. The molecule has 2 aromatic rings. The number of rotatable bonds is 4. The molecule has 0 spiro atoms. The van der Waals surface area contributed by atoms with Gasteiger partial charge in [0.1, 0.15) is 0 Å². The van der Waals surface area contributed by atoms with E-state index in [1.807, 2.05) is 0 Å². The van der Waals surface area contributed by atoms with Crippen LogP contribution in [0.2, 0.25) is 0 Å². The summed E-state index contributed by atoms with van der Waals surface area (Å²) in [5.41, 5.74) is 5.87. The molecule has 4 rings (SSSR count). The van der Waals surface area contributed by atoms with Crippen LogP contribution in [0.25, 0.3) is 0 Å². The van der Waals surface area contributed by atoms with Crippen molar-refractivity contribution in [3.63, 3.8) is 0 Å². The van der Waals surface area contributed by atoms with E-state index in [9.17, 15) is 4.79 Å². The number of fused-ring (bicyclic) bond motifs is 1. The fourth-order valence-electron chi connectivity index (χ4n) is 4.06. The third kappa shape index (κ3) is 2.39. The first-order valence-corrected chi connectivity index (χ1v) is 8.62. The number of Topliss-reactive ketones (excluding diaryl/α,β-unsaturated/α-hetero) is 1. The van der Waals surface area contributed by atoms with Crippen LogP contribution in [0.3, 0.4) is 0 Å². The lowest BCUT2D eigenvalue weighted by Crippen LogP contribution is -2.34. The van der Waals surface area contributed by atoms with Crippen molar-refractivity contribution in [3.05, 3.63) is 52.8 Å². The number of ketones is 1. The van der Waals surface area contributed by atoms with Gasteiger partial charge in [0.05, 0.1) is 6.54 Å². The summed E-state index contributed by atoms with van der Waals surface area (Å²) in [6, 6.07) is 11.6. The predicted octanol–water partition coefficient (Wildman–Crippen LogP) is 4.07. The molecule has 23 heavy (non-hydrogen) atoms. The van der Waals surface area contributed by atoms with Crippen LogP contribution in [-0.4, -0.2) is 22.9 Å². The van der Waals surface area contributed by atoms with Gasteiger partial charge in [-0.2, -0.15) is 0 Å². The summed E-state index contributed by atoms with van der Waals surface area (Å²) in [5.74, 6) is 0.244. The first-order chi connectivity index (χ1) is 11.1. The Balaban J connectivity index is 1.60. The van der Waals surface area contributed by atoms with Crippen LogP contribution in [0.5, 0.6) is 0 Å². The van der Waals surface area contributed by atoms with Crippen LogP contribution < -0.4 is 4.90 Å². The summed E-state index contributed by atoms with van der Waals surface area (Å²) in [4.78, 5) is 15.2. The number of para-hydroxylation sites is 1. The molecule has 1 fully saturated rings. The van der Waals surface area contributed by atoms with Gasteiger partial charge in [0.25, 0.3) is 0 Å². The summed E-state index contributed by atoms with van der Waals surface area (Å²) in [6.45, 7) is 6.91. The Morgan fingerprint density at radius 3 is 2.70 bits per heavy atom. The number of aromatic nitrogens is 1. The average molecular weight is 308 g/mol. The molecule has 1 atom stereocenters. The first-order valence-electron chi connectivity index (χ1n) is 8.62. The average Bonchev–Trinajstić information content (AvgIpc) is 3.24. The van der Waals surface area contributed by atoms with E-state index in [1.54, 1.807) is 0 Å². The lowest BCUT2D eigenvalue weighted by Gasteiger charge is -2.24. The lowest BCUT2D eigenvalue weighted by atomic mass is 10.1. The number of anilines is 1. The Bertz CT molecular complexity index is 770. The molecule has 1 aromatic carbocycles. The molecule has 3 nitrogen and oxygen atoms in total. The Hall–Kier alpha value is -2.03. The first kappa shape index (κ1) is 14.6. The normalized spacial score (nSPS) is 20.0. The Morgan fingerprint density at radius 2 is 1.96 bits per heavy atom. The molecule has 0 radical (unpaired) electrons. The minimum atomic E-state index is 0.244. The zero-order valence-electron chi connectivity index (χ0n) is 14.2. The number of carbonyl (C=O) groups excluding carboxylic acids is 1. The summed E-state index contributed by atoms with van der Waals surface area (Å²) in [6.07, 6.45) is 3.53. The Labute approximate surface area is 137 Å². The second kappa shape index (κ2) is 5.26. The van der Waals surface area contributed by atoms with Gasteiger partial charge < -0.3 is 9.47 Å². The maximum absolute atomic E-state index is 12.9. The number of aryl methyl sites for hydroxylation is 1. The van der Waals surface area contributed by atoms with Crippen LogP contribution in [0.4, 0.5) is 5.69 Å². The standard InChI is InChI=1S/C20H24N2O/c1-13-10-16-6-4-5-7-19(16)21(13)12-20(23)18-11-14(2)22(15(18)3)17-8-9-17/h4-7,11,13,17H,8-10,12H2,1-3H3. The molecule has 0 saturated heterocycles. The topological polar surface area (TPSA) is 25.2 Å². The van der Waals surface area contributed by atoms with Crippen molar-refractivity contribution in [2.24, 2.45) is 0 Å². The molecular formula is C20H24N2O. The van der Waals surface area contributed by atoms with Gasteiger partial charge >= 0.3 is 0 Å². The minimum Gasteiger partial charge on any atom is -0.361 e. The van der Waals surface area contributed by atoms with E-state index in [-0.39, 0.29) is 5.78 Å². The second-order valence-corrected chi connectivity index (χ2v) is 7.12. The quantitative estimate of drug-likeness (QED) is 0.795. The number of hydrogen-bond acceptors (Lipinski definition) is 2. The second-order valence-electron chi connectivity index (χ2n) is 7.12. The molecule has 120 valence electrons. The number of carbonyl (C=O) groups is 1. The molecule has 0 N–H and O–H groups in total. The van der Waals surface area contributed by atoms with Crippen molar-refractivity contribution < 1.29 is 4.79 Å². The molecule has 1 unspecified atom stereocenters. The van der Waals surface area contributed by atoms with Gasteiger partial charge in [-0.25, -0.2) is 0 Å². The van der Waals surface area contributed by atoms with Crippen LogP contribution in [0, 0.1) is 13.8 Å². The fraction of sp³-hybridized carbons (Fsp3) is 0.450. The predicted molar refractivity (Wildman–Crippen MR) is 93.5 cm³/mol. The third-order valence-corrected chi connectivity index (χ3v) is 5.36. The molecule has 1 aliphatic heterocycles. The monoisotopic (exact) mass is 308 g/mol. The molecule has 2 aliphatic rings. The largest absolute Gasteiger partial charge is 0.361 e. The summed E-state index contributed by atoms with van der Waals surface area (Å²) >= 11 is 0. The van der Waals surface area contributed by atoms with E-state index in [2.05, 4.69) is 60.6 Å². The molecule has 1 aromatic heterocycles. The van der Waals surface area contributed by atoms with Crippen molar-refractivity contribution >= 4 is 11.5 Å². The zero-order chi connectivity index (χ0) is 16.1. The van der Waals surface area contributed by atoms with Crippen molar-refractivity contribution in [1.29, 1.82) is 0 Å². The molecule has 0 amide bonds. The van der Waals surface area contributed by atoms with Crippen molar-refractivity contribution in [2.75, 3.05) is 11.4 Å². The van der Waals surface area contributed by atoms with Gasteiger partial charge in [-0.15, -0.1) is 0 Å². The van der Waals surface area contributed by atoms with E-state index >= 15 is 0 Å². The minimum absolute atomic E-state index is 0.244. The molecule has 1 saturated carbocycles. The molecule has 0 bridgehead atoms. The van der Waals surface area contributed by atoms with Crippen molar-refractivity contribution in [3.8, 4) is 0 Å². The van der Waals surface area contributed by atoms with E-state index in [1.165, 1.54) is 29.8 Å².